The summed E-state index contributed by atoms with van der Waals surface area (Å²) in [5, 5.41) is 7.72. The van der Waals surface area contributed by atoms with Crippen LogP contribution in [0.5, 0.6) is 0 Å². The molecule has 4 heterocycles. The fourth-order valence-electron chi connectivity index (χ4n) is 4.04. The fourth-order valence-corrected chi connectivity index (χ4v) is 4.04. The molecule has 3 aliphatic heterocycles. The number of fused-ring (bicyclic) bond motifs is 6. The third-order valence-electron chi connectivity index (χ3n) is 4.97. The molecule has 0 unspecified atom stereocenters. The average Bonchev–Trinajstić information content (AvgIpc) is 3.22. The molecule has 0 radical (unpaired) electrons. The Kier molecular flexibility index (Phi) is 2.02. The summed E-state index contributed by atoms with van der Waals surface area (Å²) in [4.78, 5) is 26.7. The average molecular weight is 283 g/mol. The lowest BCUT2D eigenvalue weighted by molar-refractivity contribution is -0.124. The number of carbonyl (C=O) groups excluding carboxylic acids is 2. The van der Waals surface area contributed by atoms with Gasteiger partial charge >= 0.3 is 0 Å². The van der Waals surface area contributed by atoms with Crippen LogP contribution in [0.15, 0.2) is 24.4 Å². The number of hydrogen-bond acceptors (Lipinski definition) is 4. The zero-order chi connectivity index (χ0) is 14.1. The molecule has 0 spiro atoms. The number of imide groups is 1. The highest BCUT2D eigenvalue weighted by Crippen LogP contribution is 2.49. The normalized spacial score (nSPS) is 34.2. The molecule has 21 heavy (non-hydrogen) atoms. The second kappa shape index (κ2) is 3.71. The van der Waals surface area contributed by atoms with Crippen LogP contribution in [0.25, 0.3) is 10.9 Å². The molecule has 3 fully saturated rings. The lowest BCUT2D eigenvalue weighted by Gasteiger charge is -2.17. The summed E-state index contributed by atoms with van der Waals surface area (Å²) in [6.45, 7) is 0. The zero-order valence-electron chi connectivity index (χ0n) is 11.2. The maximum Gasteiger partial charge on any atom is 0.240 e. The van der Waals surface area contributed by atoms with Crippen molar-refractivity contribution in [3.8, 4) is 0 Å². The van der Waals surface area contributed by atoms with E-state index in [9.17, 15) is 9.59 Å². The van der Waals surface area contributed by atoms with Gasteiger partial charge in [-0.25, -0.2) is 4.90 Å². The molecule has 3 saturated heterocycles. The van der Waals surface area contributed by atoms with E-state index in [1.165, 1.54) is 4.90 Å². The summed E-state index contributed by atoms with van der Waals surface area (Å²) in [6, 6.07) is 5.47. The molecule has 106 valence electrons. The molecule has 1 N–H and O–H groups in total. The predicted molar refractivity (Wildman–Crippen MR) is 73.5 cm³/mol. The quantitative estimate of drug-likeness (QED) is 0.799. The summed E-state index contributed by atoms with van der Waals surface area (Å²) in [6.07, 6.45) is 3.33. The second-order valence-corrected chi connectivity index (χ2v) is 6.00. The molecule has 4 atom stereocenters. The smallest absolute Gasteiger partial charge is 0.240 e. The first-order valence-corrected chi connectivity index (χ1v) is 7.20. The van der Waals surface area contributed by atoms with Gasteiger partial charge in [0.25, 0.3) is 0 Å². The molecule has 2 amide bonds. The summed E-state index contributed by atoms with van der Waals surface area (Å²) >= 11 is 0. The predicted octanol–water partition coefficient (Wildman–Crippen LogP) is 1.23. The van der Waals surface area contributed by atoms with Gasteiger partial charge in [0.15, 0.2) is 0 Å². The van der Waals surface area contributed by atoms with Crippen LogP contribution in [0, 0.1) is 11.8 Å². The monoisotopic (exact) mass is 283 g/mol. The van der Waals surface area contributed by atoms with Crippen LogP contribution in [0.3, 0.4) is 0 Å². The SMILES string of the molecule is O=C1[C@@H]2[C@H](C(=O)N1c1ccc3[nH]ncc3c1)[C@H]1CC[C@@H]2O1. The molecule has 1 aromatic carbocycles. The number of rotatable bonds is 1. The van der Waals surface area contributed by atoms with Gasteiger partial charge in [-0.1, -0.05) is 0 Å². The topological polar surface area (TPSA) is 75.3 Å². The van der Waals surface area contributed by atoms with E-state index in [1.54, 1.807) is 12.3 Å². The number of aromatic nitrogens is 2. The number of hydrogen-bond donors (Lipinski definition) is 1. The minimum atomic E-state index is -0.281. The Morgan fingerprint density at radius 2 is 1.86 bits per heavy atom. The first-order valence-electron chi connectivity index (χ1n) is 7.20. The van der Waals surface area contributed by atoms with Gasteiger partial charge < -0.3 is 4.74 Å². The van der Waals surface area contributed by atoms with Crippen molar-refractivity contribution < 1.29 is 14.3 Å². The van der Waals surface area contributed by atoms with Gasteiger partial charge in [0.2, 0.25) is 11.8 Å². The Hall–Kier alpha value is -2.21. The Morgan fingerprint density at radius 3 is 2.57 bits per heavy atom. The third-order valence-corrected chi connectivity index (χ3v) is 4.97. The highest BCUT2D eigenvalue weighted by molar-refractivity contribution is 6.23. The summed E-state index contributed by atoms with van der Waals surface area (Å²) in [5.41, 5.74) is 1.52. The van der Waals surface area contributed by atoms with E-state index in [2.05, 4.69) is 10.2 Å². The molecule has 1 aromatic heterocycles. The Bertz CT molecular complexity index is 755. The number of carbonyl (C=O) groups is 2. The van der Waals surface area contributed by atoms with E-state index >= 15 is 0 Å². The van der Waals surface area contributed by atoms with Crippen molar-refractivity contribution in [1.82, 2.24) is 10.2 Å². The molecule has 0 aliphatic carbocycles. The summed E-state index contributed by atoms with van der Waals surface area (Å²) in [7, 11) is 0. The number of ether oxygens (including phenoxy) is 1. The lowest BCUT2D eigenvalue weighted by Crippen LogP contribution is -2.34. The molecule has 3 aliphatic rings. The summed E-state index contributed by atoms with van der Waals surface area (Å²) < 4.78 is 5.74. The number of benzene rings is 1. The molecule has 2 aromatic rings. The number of nitrogens with zero attached hydrogens (tertiary/aromatic N) is 2. The Balaban J connectivity index is 1.60. The number of aromatic amines is 1. The van der Waals surface area contributed by atoms with Crippen molar-refractivity contribution in [2.24, 2.45) is 11.8 Å². The fraction of sp³-hybridized carbons (Fsp3) is 0.400. The highest BCUT2D eigenvalue weighted by Gasteiger charge is 2.62. The standard InChI is InChI=1S/C15H13N3O3/c19-14-12-10-3-4-11(21-10)13(12)15(20)18(14)8-1-2-9-7(5-8)6-16-17-9/h1-2,5-6,10-13H,3-4H2,(H,16,17)/t10-,11+,12-,13+. The van der Waals surface area contributed by atoms with E-state index in [4.69, 9.17) is 4.74 Å². The van der Waals surface area contributed by atoms with Crippen LogP contribution in [0.2, 0.25) is 0 Å². The molecular formula is C15H13N3O3. The van der Waals surface area contributed by atoms with Gasteiger partial charge in [-0.15, -0.1) is 0 Å². The molecule has 5 rings (SSSR count). The number of anilines is 1. The minimum absolute atomic E-state index is 0.0703. The first-order chi connectivity index (χ1) is 10.2. The van der Waals surface area contributed by atoms with Crippen LogP contribution in [0.4, 0.5) is 5.69 Å². The number of amides is 2. The maximum absolute atomic E-state index is 12.7. The maximum atomic E-state index is 12.7. The van der Waals surface area contributed by atoms with Crippen LogP contribution in [-0.2, 0) is 14.3 Å². The minimum Gasteiger partial charge on any atom is -0.373 e. The van der Waals surface area contributed by atoms with Gasteiger partial charge in [-0.05, 0) is 31.0 Å². The van der Waals surface area contributed by atoms with Crippen LogP contribution >= 0.6 is 0 Å². The Morgan fingerprint density at radius 1 is 1.14 bits per heavy atom. The molecule has 6 nitrogen and oxygen atoms in total. The van der Waals surface area contributed by atoms with E-state index in [0.29, 0.717) is 5.69 Å². The van der Waals surface area contributed by atoms with E-state index in [0.717, 1.165) is 23.7 Å². The van der Waals surface area contributed by atoms with Gasteiger partial charge in [0, 0.05) is 5.39 Å². The third kappa shape index (κ3) is 1.33. The van der Waals surface area contributed by atoms with Crippen molar-refractivity contribution in [2.45, 2.75) is 25.0 Å². The van der Waals surface area contributed by atoms with Crippen LogP contribution in [0.1, 0.15) is 12.8 Å². The summed E-state index contributed by atoms with van der Waals surface area (Å²) in [5.74, 6) is -0.785. The van der Waals surface area contributed by atoms with Crippen molar-refractivity contribution in [3.63, 3.8) is 0 Å². The van der Waals surface area contributed by atoms with Gasteiger partial charge in [0.1, 0.15) is 0 Å². The van der Waals surface area contributed by atoms with Crippen molar-refractivity contribution >= 4 is 28.4 Å². The van der Waals surface area contributed by atoms with E-state index in [1.807, 2.05) is 12.1 Å². The zero-order valence-corrected chi connectivity index (χ0v) is 11.2. The van der Waals surface area contributed by atoms with Gasteiger partial charge in [0.05, 0.1) is 41.4 Å². The highest BCUT2D eigenvalue weighted by atomic mass is 16.5. The number of nitrogens with one attached hydrogen (secondary N) is 1. The first kappa shape index (κ1) is 11.4. The molecule has 2 bridgehead atoms. The van der Waals surface area contributed by atoms with Crippen molar-refractivity contribution in [2.75, 3.05) is 4.90 Å². The second-order valence-electron chi connectivity index (χ2n) is 6.00. The van der Waals surface area contributed by atoms with Crippen LogP contribution < -0.4 is 4.90 Å². The molecule has 0 saturated carbocycles. The number of H-pyrrole nitrogens is 1. The molecule has 6 heteroatoms. The van der Waals surface area contributed by atoms with Crippen LogP contribution in [-0.4, -0.2) is 34.2 Å². The van der Waals surface area contributed by atoms with Gasteiger partial charge in [-0.2, -0.15) is 5.10 Å². The van der Waals surface area contributed by atoms with Gasteiger partial charge in [-0.3, -0.25) is 14.7 Å². The largest absolute Gasteiger partial charge is 0.373 e. The van der Waals surface area contributed by atoms with Crippen molar-refractivity contribution in [1.29, 1.82) is 0 Å². The van der Waals surface area contributed by atoms with E-state index < -0.39 is 0 Å². The Labute approximate surface area is 120 Å². The van der Waals surface area contributed by atoms with E-state index in [-0.39, 0.29) is 35.9 Å². The van der Waals surface area contributed by atoms with Crippen molar-refractivity contribution in [3.05, 3.63) is 24.4 Å². The molecular weight excluding hydrogens is 270 g/mol. The lowest BCUT2D eigenvalue weighted by atomic mass is 9.81.